The zero-order valence-corrected chi connectivity index (χ0v) is 14.2. The first-order valence-electron chi connectivity index (χ1n) is 7.73. The van der Waals surface area contributed by atoms with E-state index in [1.54, 1.807) is 31.9 Å². The van der Waals surface area contributed by atoms with Crippen molar-refractivity contribution in [1.29, 1.82) is 5.26 Å². The van der Waals surface area contributed by atoms with Gasteiger partial charge in [0.1, 0.15) is 11.7 Å². The molecule has 1 spiro atoms. The fraction of sp³-hybridized carbons (Fsp3) is 0.529. The normalized spacial score (nSPS) is 27.2. The SMILES string of the molecule is CN=C/C(=C\N)C(=O)N1CCOC2(C=C(C#N)C(=O)C(C)(C)C2)C1. The van der Waals surface area contributed by atoms with Crippen molar-refractivity contribution in [1.82, 2.24) is 4.90 Å². The molecule has 2 aliphatic rings. The van der Waals surface area contributed by atoms with Crippen LogP contribution in [0.4, 0.5) is 0 Å². The Kier molecular flexibility index (Phi) is 4.90. The molecule has 1 fully saturated rings. The molecule has 1 unspecified atom stereocenters. The lowest BCUT2D eigenvalue weighted by Crippen LogP contribution is -2.57. The summed E-state index contributed by atoms with van der Waals surface area (Å²) in [5, 5.41) is 9.26. The molecule has 0 aromatic heterocycles. The maximum atomic E-state index is 12.6. The molecule has 1 heterocycles. The Balaban J connectivity index is 2.33. The highest BCUT2D eigenvalue weighted by Crippen LogP contribution is 2.41. The molecule has 24 heavy (non-hydrogen) atoms. The summed E-state index contributed by atoms with van der Waals surface area (Å²) in [6, 6.07) is 1.95. The van der Waals surface area contributed by atoms with Gasteiger partial charge in [-0.2, -0.15) is 5.26 Å². The Morgan fingerprint density at radius 2 is 2.25 bits per heavy atom. The molecule has 0 aromatic rings. The Bertz CT molecular complexity index is 684. The van der Waals surface area contributed by atoms with Crippen molar-refractivity contribution in [2.24, 2.45) is 16.1 Å². The second-order valence-electron chi connectivity index (χ2n) is 6.71. The smallest absolute Gasteiger partial charge is 0.257 e. The molecule has 128 valence electrons. The number of nitrogens with zero attached hydrogens (tertiary/aromatic N) is 3. The predicted molar refractivity (Wildman–Crippen MR) is 89.1 cm³/mol. The predicted octanol–water partition coefficient (Wildman–Crippen LogP) is 0.576. The molecule has 1 saturated heterocycles. The Morgan fingerprint density at radius 3 is 2.83 bits per heavy atom. The summed E-state index contributed by atoms with van der Waals surface area (Å²) in [6.07, 6.45) is 4.62. The van der Waals surface area contributed by atoms with E-state index in [-0.39, 0.29) is 23.8 Å². The number of nitriles is 1. The number of carbonyl (C=O) groups excluding carboxylic acids is 2. The summed E-state index contributed by atoms with van der Waals surface area (Å²) in [4.78, 5) is 30.3. The van der Waals surface area contributed by atoms with Crippen LogP contribution in [0.15, 0.2) is 28.4 Å². The Hall–Kier alpha value is -2.46. The van der Waals surface area contributed by atoms with Gasteiger partial charge in [0.15, 0.2) is 5.78 Å². The van der Waals surface area contributed by atoms with Gasteiger partial charge < -0.3 is 15.4 Å². The van der Waals surface area contributed by atoms with Crippen LogP contribution >= 0.6 is 0 Å². The number of amides is 1. The van der Waals surface area contributed by atoms with Crippen molar-refractivity contribution in [2.75, 3.05) is 26.7 Å². The van der Waals surface area contributed by atoms with E-state index >= 15 is 0 Å². The fourth-order valence-corrected chi connectivity index (χ4v) is 3.32. The standard InChI is InChI=1S/C17H22N4O3/c1-16(2)10-17(6-12(7-18)14(16)22)11-21(4-5-24-17)15(23)13(8-19)9-20-3/h6,8-9H,4-5,10-11,19H2,1-3H3/b13-8+,20-9?. The molecular weight excluding hydrogens is 308 g/mol. The van der Waals surface area contributed by atoms with Crippen molar-refractivity contribution in [3.63, 3.8) is 0 Å². The number of hydrogen-bond donors (Lipinski definition) is 1. The number of aliphatic imine (C=N–C) groups is 1. The van der Waals surface area contributed by atoms with Crippen LogP contribution in [0, 0.1) is 16.7 Å². The van der Waals surface area contributed by atoms with E-state index < -0.39 is 11.0 Å². The third kappa shape index (κ3) is 3.24. The van der Waals surface area contributed by atoms with Crippen molar-refractivity contribution in [3.05, 3.63) is 23.4 Å². The van der Waals surface area contributed by atoms with Gasteiger partial charge >= 0.3 is 0 Å². The Labute approximate surface area is 141 Å². The monoisotopic (exact) mass is 330 g/mol. The highest BCUT2D eigenvalue weighted by molar-refractivity contribution is 6.12. The van der Waals surface area contributed by atoms with Crippen LogP contribution in [-0.2, 0) is 14.3 Å². The maximum Gasteiger partial charge on any atom is 0.257 e. The summed E-state index contributed by atoms with van der Waals surface area (Å²) in [5.41, 5.74) is 4.34. The van der Waals surface area contributed by atoms with Crippen molar-refractivity contribution in [3.8, 4) is 6.07 Å². The van der Waals surface area contributed by atoms with Crippen LogP contribution in [0.3, 0.4) is 0 Å². The minimum atomic E-state index is -0.834. The molecule has 7 heteroatoms. The van der Waals surface area contributed by atoms with E-state index in [2.05, 4.69) is 4.99 Å². The second-order valence-corrected chi connectivity index (χ2v) is 6.71. The Morgan fingerprint density at radius 1 is 1.54 bits per heavy atom. The van der Waals surface area contributed by atoms with E-state index in [0.717, 1.165) is 0 Å². The zero-order valence-electron chi connectivity index (χ0n) is 14.2. The first kappa shape index (κ1) is 17.9. The number of ketones is 1. The van der Waals surface area contributed by atoms with Gasteiger partial charge in [0.2, 0.25) is 0 Å². The summed E-state index contributed by atoms with van der Waals surface area (Å²) in [7, 11) is 1.56. The molecule has 1 atom stereocenters. The van der Waals surface area contributed by atoms with E-state index in [9.17, 15) is 14.9 Å². The zero-order chi connectivity index (χ0) is 18.0. The molecule has 2 rings (SSSR count). The van der Waals surface area contributed by atoms with Gasteiger partial charge in [-0.05, 0) is 12.5 Å². The number of nitrogens with two attached hydrogens (primary N) is 1. The molecule has 1 amide bonds. The molecule has 0 saturated carbocycles. The second kappa shape index (κ2) is 6.57. The third-order valence-corrected chi connectivity index (χ3v) is 4.32. The molecular formula is C17H22N4O3. The summed E-state index contributed by atoms with van der Waals surface area (Å²) in [5.74, 6) is -0.435. The van der Waals surface area contributed by atoms with E-state index in [1.807, 2.05) is 6.07 Å². The average molecular weight is 330 g/mol. The highest BCUT2D eigenvalue weighted by Gasteiger charge is 2.48. The summed E-state index contributed by atoms with van der Waals surface area (Å²) >= 11 is 0. The number of Topliss-reactive ketones (excluding diaryl/α,β-unsaturated/α-hetero) is 1. The van der Waals surface area contributed by atoms with E-state index in [4.69, 9.17) is 10.5 Å². The fourth-order valence-electron chi connectivity index (χ4n) is 3.32. The molecule has 1 aliphatic carbocycles. The van der Waals surface area contributed by atoms with E-state index in [0.29, 0.717) is 25.1 Å². The molecule has 1 aliphatic heterocycles. The van der Waals surface area contributed by atoms with Gasteiger partial charge in [0.05, 0.1) is 24.3 Å². The number of ether oxygens (including phenoxy) is 1. The van der Waals surface area contributed by atoms with Crippen LogP contribution in [0.2, 0.25) is 0 Å². The lowest BCUT2D eigenvalue weighted by atomic mass is 9.69. The first-order chi connectivity index (χ1) is 11.3. The van der Waals surface area contributed by atoms with Crippen molar-refractivity contribution < 1.29 is 14.3 Å². The number of hydrogen-bond acceptors (Lipinski definition) is 6. The van der Waals surface area contributed by atoms with Gasteiger partial charge in [0.25, 0.3) is 5.91 Å². The van der Waals surface area contributed by atoms with E-state index in [1.165, 1.54) is 12.4 Å². The lowest BCUT2D eigenvalue weighted by Gasteiger charge is -2.46. The minimum Gasteiger partial charge on any atom is -0.404 e. The maximum absolute atomic E-state index is 12.6. The van der Waals surface area contributed by atoms with Gasteiger partial charge in [-0.1, -0.05) is 13.8 Å². The third-order valence-electron chi connectivity index (χ3n) is 4.32. The van der Waals surface area contributed by atoms with Gasteiger partial charge in [-0.15, -0.1) is 0 Å². The average Bonchev–Trinajstić information content (AvgIpc) is 2.55. The largest absolute Gasteiger partial charge is 0.404 e. The van der Waals surface area contributed by atoms with Crippen LogP contribution in [-0.4, -0.2) is 55.2 Å². The highest BCUT2D eigenvalue weighted by atomic mass is 16.5. The minimum absolute atomic E-state index is 0.0882. The van der Waals surface area contributed by atoms with Crippen LogP contribution in [0.1, 0.15) is 20.3 Å². The molecule has 2 N–H and O–H groups in total. The number of allylic oxidation sites excluding steroid dienone is 1. The quantitative estimate of drug-likeness (QED) is 0.588. The number of rotatable bonds is 2. The van der Waals surface area contributed by atoms with Crippen molar-refractivity contribution >= 4 is 17.9 Å². The van der Waals surface area contributed by atoms with Crippen LogP contribution in [0.5, 0.6) is 0 Å². The molecule has 0 radical (unpaired) electrons. The van der Waals surface area contributed by atoms with Gasteiger partial charge in [-0.25, -0.2) is 0 Å². The lowest BCUT2D eigenvalue weighted by molar-refractivity contribution is -0.148. The number of carbonyl (C=O) groups is 2. The van der Waals surface area contributed by atoms with Gasteiger partial charge in [-0.3, -0.25) is 14.6 Å². The molecule has 0 bridgehead atoms. The first-order valence-corrected chi connectivity index (χ1v) is 7.73. The van der Waals surface area contributed by atoms with Crippen LogP contribution < -0.4 is 5.73 Å². The molecule has 7 nitrogen and oxygen atoms in total. The number of morpholine rings is 1. The summed E-state index contributed by atoms with van der Waals surface area (Å²) in [6.45, 7) is 4.59. The van der Waals surface area contributed by atoms with Gasteiger partial charge in [0, 0.05) is 31.4 Å². The van der Waals surface area contributed by atoms with Crippen LogP contribution in [0.25, 0.3) is 0 Å². The van der Waals surface area contributed by atoms with Crippen molar-refractivity contribution in [2.45, 2.75) is 25.9 Å². The topological polar surface area (TPSA) is 109 Å². The molecule has 0 aromatic carbocycles. The summed E-state index contributed by atoms with van der Waals surface area (Å²) < 4.78 is 5.92.